The monoisotopic (exact) mass is 280 g/mol. The van der Waals surface area contributed by atoms with Crippen LogP contribution in [0.4, 0.5) is 4.79 Å². The fraction of sp³-hybridized carbons (Fsp3) is 0.714. The highest BCUT2D eigenvalue weighted by atomic mass is 16.5. The number of nitrogens with one attached hydrogen (secondary N) is 2. The summed E-state index contributed by atoms with van der Waals surface area (Å²) in [6.45, 7) is 8.56. The van der Waals surface area contributed by atoms with E-state index in [9.17, 15) is 4.79 Å². The molecule has 1 fully saturated rings. The molecule has 0 spiro atoms. The maximum atomic E-state index is 12.0. The van der Waals surface area contributed by atoms with Gasteiger partial charge >= 0.3 is 6.03 Å². The van der Waals surface area contributed by atoms with Gasteiger partial charge in [0.25, 0.3) is 0 Å². The summed E-state index contributed by atoms with van der Waals surface area (Å²) < 4.78 is 7.70. The van der Waals surface area contributed by atoms with Crippen molar-refractivity contribution in [1.82, 2.24) is 20.4 Å². The van der Waals surface area contributed by atoms with Crippen molar-refractivity contribution in [1.29, 1.82) is 0 Å². The van der Waals surface area contributed by atoms with Crippen LogP contribution in [0.25, 0.3) is 0 Å². The van der Waals surface area contributed by atoms with Gasteiger partial charge in [-0.2, -0.15) is 5.10 Å². The first-order valence-electron chi connectivity index (χ1n) is 6.91. The third-order valence-electron chi connectivity index (χ3n) is 3.73. The van der Waals surface area contributed by atoms with E-state index in [1.807, 2.05) is 40.8 Å². The average molecular weight is 280 g/mol. The van der Waals surface area contributed by atoms with Crippen LogP contribution in [-0.4, -0.2) is 33.1 Å². The van der Waals surface area contributed by atoms with Crippen molar-refractivity contribution < 1.29 is 9.53 Å². The summed E-state index contributed by atoms with van der Waals surface area (Å²) in [5.41, 5.74) is 0.402. The van der Waals surface area contributed by atoms with Gasteiger partial charge in [-0.25, -0.2) is 4.79 Å². The molecule has 0 radical (unpaired) electrons. The zero-order valence-electron chi connectivity index (χ0n) is 12.9. The fourth-order valence-electron chi connectivity index (χ4n) is 2.74. The molecule has 6 nitrogen and oxygen atoms in total. The average Bonchev–Trinajstić information content (AvgIpc) is 2.77. The summed E-state index contributed by atoms with van der Waals surface area (Å²) in [6, 6.07) is 1.71. The lowest BCUT2D eigenvalue weighted by Gasteiger charge is -2.27. The minimum absolute atomic E-state index is 0.00374. The van der Waals surface area contributed by atoms with Gasteiger partial charge in [0, 0.05) is 13.2 Å². The van der Waals surface area contributed by atoms with Crippen LogP contribution in [0, 0.1) is 0 Å². The van der Waals surface area contributed by atoms with E-state index in [4.69, 9.17) is 4.74 Å². The molecule has 0 aliphatic carbocycles. The molecule has 2 rings (SSSR count). The van der Waals surface area contributed by atoms with E-state index in [1.54, 1.807) is 10.9 Å². The standard InChI is InChI=1S/C14H24N4O2/c1-13(2)8-11(14(3,4)20-13)17-12(19)15-9-10-6-7-16-18(10)5/h6-7,11H,8-9H2,1-5H3,(H2,15,17,19)/t11-/m0/s1. The Kier molecular flexibility index (Phi) is 3.77. The molecular weight excluding hydrogens is 256 g/mol. The number of nitrogens with zero attached hydrogens (tertiary/aromatic N) is 2. The van der Waals surface area contributed by atoms with Gasteiger partial charge in [0.1, 0.15) is 0 Å². The van der Waals surface area contributed by atoms with E-state index in [2.05, 4.69) is 15.7 Å². The van der Waals surface area contributed by atoms with Gasteiger partial charge in [0.05, 0.1) is 29.5 Å². The number of amides is 2. The SMILES string of the molecule is Cn1nccc1CNC(=O)N[C@H]1CC(C)(C)OC1(C)C. The van der Waals surface area contributed by atoms with E-state index in [1.165, 1.54) is 0 Å². The Balaban J connectivity index is 1.87. The summed E-state index contributed by atoms with van der Waals surface area (Å²) in [4.78, 5) is 12.0. The zero-order chi connectivity index (χ0) is 15.0. The van der Waals surface area contributed by atoms with Crippen LogP contribution in [0.5, 0.6) is 0 Å². The molecule has 20 heavy (non-hydrogen) atoms. The number of aromatic nitrogens is 2. The minimum atomic E-state index is -0.354. The smallest absolute Gasteiger partial charge is 0.315 e. The second-order valence-corrected chi connectivity index (χ2v) is 6.50. The molecule has 0 aromatic carbocycles. The molecule has 1 atom stereocenters. The van der Waals surface area contributed by atoms with Crippen LogP contribution in [0.1, 0.15) is 39.8 Å². The number of carbonyl (C=O) groups excluding carboxylic acids is 1. The molecular formula is C14H24N4O2. The molecule has 2 amide bonds. The maximum absolute atomic E-state index is 12.0. The second kappa shape index (κ2) is 5.09. The molecule has 1 aliphatic rings. The van der Waals surface area contributed by atoms with E-state index < -0.39 is 0 Å². The number of hydrogen-bond donors (Lipinski definition) is 2. The van der Waals surface area contributed by atoms with Crippen LogP contribution in [0.15, 0.2) is 12.3 Å². The molecule has 0 saturated carbocycles. The van der Waals surface area contributed by atoms with Crippen molar-refractivity contribution in [3.63, 3.8) is 0 Å². The van der Waals surface area contributed by atoms with Crippen LogP contribution in [0.3, 0.4) is 0 Å². The quantitative estimate of drug-likeness (QED) is 0.883. The summed E-state index contributed by atoms with van der Waals surface area (Å²) in [5, 5.41) is 9.92. The Morgan fingerprint density at radius 3 is 2.70 bits per heavy atom. The van der Waals surface area contributed by atoms with Gasteiger partial charge in [0.2, 0.25) is 0 Å². The summed E-state index contributed by atoms with van der Waals surface area (Å²) in [6.07, 6.45) is 2.52. The van der Waals surface area contributed by atoms with Crippen molar-refractivity contribution in [2.45, 2.75) is 57.9 Å². The van der Waals surface area contributed by atoms with E-state index in [-0.39, 0.29) is 23.3 Å². The van der Waals surface area contributed by atoms with E-state index >= 15 is 0 Å². The topological polar surface area (TPSA) is 68.2 Å². The van der Waals surface area contributed by atoms with Crippen molar-refractivity contribution in [3.05, 3.63) is 18.0 Å². The number of hydrogen-bond acceptors (Lipinski definition) is 3. The van der Waals surface area contributed by atoms with Gasteiger partial charge in [0.15, 0.2) is 0 Å². The predicted molar refractivity (Wildman–Crippen MR) is 76.2 cm³/mol. The number of urea groups is 1. The Morgan fingerprint density at radius 1 is 1.50 bits per heavy atom. The number of rotatable bonds is 3. The van der Waals surface area contributed by atoms with Gasteiger partial charge in [-0.15, -0.1) is 0 Å². The minimum Gasteiger partial charge on any atom is -0.367 e. The highest BCUT2D eigenvalue weighted by Crippen LogP contribution is 2.37. The highest BCUT2D eigenvalue weighted by molar-refractivity contribution is 5.74. The largest absolute Gasteiger partial charge is 0.367 e. The van der Waals surface area contributed by atoms with Crippen LogP contribution >= 0.6 is 0 Å². The van der Waals surface area contributed by atoms with Crippen LogP contribution in [0.2, 0.25) is 0 Å². The number of ether oxygens (including phenoxy) is 1. The molecule has 0 bridgehead atoms. The lowest BCUT2D eigenvalue weighted by Crippen LogP contribution is -2.49. The molecule has 0 unspecified atom stereocenters. The molecule has 2 heterocycles. The van der Waals surface area contributed by atoms with Crippen molar-refractivity contribution in [3.8, 4) is 0 Å². The first kappa shape index (κ1) is 14.8. The Bertz CT molecular complexity index is 493. The van der Waals surface area contributed by atoms with Crippen LogP contribution < -0.4 is 10.6 Å². The number of aryl methyl sites for hydroxylation is 1. The van der Waals surface area contributed by atoms with Gasteiger partial charge in [-0.05, 0) is 40.2 Å². The molecule has 112 valence electrons. The van der Waals surface area contributed by atoms with E-state index in [0.717, 1.165) is 12.1 Å². The van der Waals surface area contributed by atoms with Crippen molar-refractivity contribution in [2.24, 2.45) is 7.05 Å². The van der Waals surface area contributed by atoms with Crippen molar-refractivity contribution in [2.75, 3.05) is 0 Å². The lowest BCUT2D eigenvalue weighted by atomic mass is 9.95. The summed E-state index contributed by atoms with van der Waals surface area (Å²) >= 11 is 0. The number of carbonyl (C=O) groups is 1. The predicted octanol–water partition coefficient (Wildman–Crippen LogP) is 1.57. The Hall–Kier alpha value is -1.56. The van der Waals surface area contributed by atoms with Gasteiger partial charge < -0.3 is 15.4 Å². The first-order chi connectivity index (χ1) is 9.20. The fourth-order valence-corrected chi connectivity index (χ4v) is 2.74. The Labute approximate surface area is 119 Å². The molecule has 6 heteroatoms. The molecule has 2 N–H and O–H groups in total. The first-order valence-corrected chi connectivity index (χ1v) is 6.91. The zero-order valence-corrected chi connectivity index (χ0v) is 12.9. The van der Waals surface area contributed by atoms with Crippen molar-refractivity contribution >= 4 is 6.03 Å². The maximum Gasteiger partial charge on any atom is 0.315 e. The lowest BCUT2D eigenvalue weighted by molar-refractivity contribution is -0.0690. The molecule has 1 saturated heterocycles. The normalized spacial score (nSPS) is 23.6. The molecule has 1 aromatic rings. The Morgan fingerprint density at radius 2 is 2.20 bits per heavy atom. The summed E-state index contributed by atoms with van der Waals surface area (Å²) in [7, 11) is 1.85. The molecule has 1 aromatic heterocycles. The van der Waals surface area contributed by atoms with Gasteiger partial charge in [-0.1, -0.05) is 0 Å². The third kappa shape index (κ3) is 3.30. The van der Waals surface area contributed by atoms with Gasteiger partial charge in [-0.3, -0.25) is 4.68 Å². The third-order valence-corrected chi connectivity index (χ3v) is 3.73. The summed E-state index contributed by atoms with van der Waals surface area (Å²) in [5.74, 6) is 0. The second-order valence-electron chi connectivity index (χ2n) is 6.50. The van der Waals surface area contributed by atoms with E-state index in [0.29, 0.717) is 6.54 Å². The molecule has 1 aliphatic heterocycles. The van der Waals surface area contributed by atoms with Crippen LogP contribution in [-0.2, 0) is 18.3 Å². The highest BCUT2D eigenvalue weighted by Gasteiger charge is 2.46.